The summed E-state index contributed by atoms with van der Waals surface area (Å²) >= 11 is 0. The molecule has 0 aliphatic heterocycles. The highest BCUT2D eigenvalue weighted by Gasteiger charge is 2.24. The van der Waals surface area contributed by atoms with E-state index in [1.54, 1.807) is 4.90 Å². The number of amides is 1. The highest BCUT2D eigenvalue weighted by molar-refractivity contribution is 5.93. The molecule has 0 saturated heterocycles. The lowest BCUT2D eigenvalue weighted by Gasteiger charge is -2.35. The molecular formula is C16H20NO3-. The van der Waals surface area contributed by atoms with Gasteiger partial charge in [-0.25, -0.2) is 0 Å². The van der Waals surface area contributed by atoms with Crippen LogP contribution in [0.25, 0.3) is 0 Å². The van der Waals surface area contributed by atoms with Crippen LogP contribution in [0.5, 0.6) is 0 Å². The van der Waals surface area contributed by atoms with Crippen molar-refractivity contribution < 1.29 is 14.7 Å². The number of carboxylic acid groups (broad SMARTS) is 1. The Balaban J connectivity index is 2.93. The van der Waals surface area contributed by atoms with Gasteiger partial charge in [-0.15, -0.1) is 0 Å². The first-order valence-corrected chi connectivity index (χ1v) is 6.46. The number of carbonyl (C=O) groups excluding carboxylic acids is 2. The summed E-state index contributed by atoms with van der Waals surface area (Å²) in [5.41, 5.74) is 1.75. The highest BCUT2D eigenvalue weighted by atomic mass is 16.4. The Labute approximate surface area is 119 Å². The van der Waals surface area contributed by atoms with Crippen molar-refractivity contribution in [2.24, 2.45) is 0 Å². The number of nitrogens with zero attached hydrogens (tertiary/aromatic N) is 1. The molecule has 0 unspecified atom stereocenters. The average Bonchev–Trinajstić information content (AvgIpc) is 2.33. The lowest BCUT2D eigenvalue weighted by Crippen LogP contribution is -2.44. The minimum absolute atomic E-state index is 0.345. The van der Waals surface area contributed by atoms with Crippen LogP contribution in [-0.2, 0) is 16.1 Å². The summed E-state index contributed by atoms with van der Waals surface area (Å²) in [5, 5.41) is 10.4. The van der Waals surface area contributed by atoms with Crippen LogP contribution in [0.15, 0.2) is 36.4 Å². The fraction of sp³-hybridized carbons (Fsp3) is 0.375. The van der Waals surface area contributed by atoms with Crippen molar-refractivity contribution in [1.82, 2.24) is 4.90 Å². The van der Waals surface area contributed by atoms with Crippen LogP contribution in [0, 0.1) is 6.92 Å². The second kappa shape index (κ2) is 6.37. The molecule has 4 heteroatoms. The van der Waals surface area contributed by atoms with Gasteiger partial charge in [0.15, 0.2) is 0 Å². The quantitative estimate of drug-likeness (QED) is 0.780. The summed E-state index contributed by atoms with van der Waals surface area (Å²) in [6.45, 7) is 8.16. The van der Waals surface area contributed by atoms with Crippen molar-refractivity contribution in [2.75, 3.05) is 0 Å². The fourth-order valence-corrected chi connectivity index (χ4v) is 1.75. The SMILES string of the molecule is Cc1ccc(CN(C(=O)/C=C/C(=O)[O-])C(C)(C)C)cc1. The lowest BCUT2D eigenvalue weighted by molar-refractivity contribution is -0.297. The maximum absolute atomic E-state index is 12.1. The molecule has 0 atom stereocenters. The zero-order valence-electron chi connectivity index (χ0n) is 12.3. The molecule has 0 N–H and O–H groups in total. The van der Waals surface area contributed by atoms with Crippen molar-refractivity contribution in [3.05, 3.63) is 47.5 Å². The second-order valence-electron chi connectivity index (χ2n) is 5.73. The van der Waals surface area contributed by atoms with Gasteiger partial charge in [0, 0.05) is 18.2 Å². The molecule has 0 aromatic heterocycles. The molecule has 0 bridgehead atoms. The molecule has 1 aromatic carbocycles. The Bertz CT molecular complexity index is 510. The van der Waals surface area contributed by atoms with E-state index >= 15 is 0 Å². The van der Waals surface area contributed by atoms with E-state index in [-0.39, 0.29) is 5.91 Å². The molecule has 108 valence electrons. The maximum atomic E-state index is 12.1. The number of benzene rings is 1. The molecular weight excluding hydrogens is 254 g/mol. The van der Waals surface area contributed by atoms with Gasteiger partial charge in [0.1, 0.15) is 0 Å². The third kappa shape index (κ3) is 4.88. The molecule has 1 aromatic rings. The molecule has 0 saturated carbocycles. The van der Waals surface area contributed by atoms with Crippen LogP contribution in [0.3, 0.4) is 0 Å². The molecule has 1 rings (SSSR count). The predicted octanol–water partition coefficient (Wildman–Crippen LogP) is 1.43. The molecule has 0 fully saturated rings. The zero-order chi connectivity index (χ0) is 15.3. The monoisotopic (exact) mass is 274 g/mol. The third-order valence-electron chi connectivity index (χ3n) is 2.90. The van der Waals surface area contributed by atoms with E-state index in [9.17, 15) is 14.7 Å². The van der Waals surface area contributed by atoms with Crippen LogP contribution in [0.4, 0.5) is 0 Å². The van der Waals surface area contributed by atoms with E-state index in [1.807, 2.05) is 52.0 Å². The van der Waals surface area contributed by atoms with Gasteiger partial charge >= 0.3 is 0 Å². The van der Waals surface area contributed by atoms with E-state index in [1.165, 1.54) is 0 Å². The van der Waals surface area contributed by atoms with Crippen LogP contribution in [-0.4, -0.2) is 22.3 Å². The minimum atomic E-state index is -1.37. The van der Waals surface area contributed by atoms with Gasteiger partial charge in [-0.05, 0) is 39.3 Å². The maximum Gasteiger partial charge on any atom is 0.247 e. The van der Waals surface area contributed by atoms with Gasteiger partial charge < -0.3 is 14.8 Å². The summed E-state index contributed by atoms with van der Waals surface area (Å²) in [6.07, 6.45) is 1.80. The van der Waals surface area contributed by atoms with Crippen molar-refractivity contribution in [2.45, 2.75) is 39.8 Å². The number of rotatable bonds is 4. The van der Waals surface area contributed by atoms with E-state index in [4.69, 9.17) is 0 Å². The van der Waals surface area contributed by atoms with Gasteiger partial charge in [0.2, 0.25) is 5.91 Å². The fourth-order valence-electron chi connectivity index (χ4n) is 1.75. The second-order valence-corrected chi connectivity index (χ2v) is 5.73. The summed E-state index contributed by atoms with van der Waals surface area (Å²) in [7, 11) is 0. The molecule has 0 heterocycles. The van der Waals surface area contributed by atoms with Crippen molar-refractivity contribution in [3.8, 4) is 0 Å². The van der Waals surface area contributed by atoms with E-state index in [2.05, 4.69) is 0 Å². The topological polar surface area (TPSA) is 60.4 Å². The number of carbonyl (C=O) groups is 2. The van der Waals surface area contributed by atoms with Crippen LogP contribution >= 0.6 is 0 Å². The molecule has 20 heavy (non-hydrogen) atoms. The first-order valence-electron chi connectivity index (χ1n) is 6.46. The van der Waals surface area contributed by atoms with E-state index < -0.39 is 11.5 Å². The first-order chi connectivity index (χ1) is 9.20. The number of carboxylic acids is 1. The predicted molar refractivity (Wildman–Crippen MR) is 75.6 cm³/mol. The van der Waals surface area contributed by atoms with Gasteiger partial charge in [-0.3, -0.25) is 4.79 Å². The molecule has 0 radical (unpaired) electrons. The van der Waals surface area contributed by atoms with Gasteiger partial charge in [0.25, 0.3) is 0 Å². The molecule has 0 aliphatic carbocycles. The summed E-state index contributed by atoms with van der Waals surface area (Å²) in [4.78, 5) is 24.1. The smallest absolute Gasteiger partial charge is 0.247 e. The Morgan fingerprint density at radius 2 is 1.70 bits per heavy atom. The highest BCUT2D eigenvalue weighted by Crippen LogP contribution is 2.18. The normalized spacial score (nSPS) is 11.6. The average molecular weight is 274 g/mol. The Hall–Kier alpha value is -2.10. The third-order valence-corrected chi connectivity index (χ3v) is 2.90. The minimum Gasteiger partial charge on any atom is -0.545 e. The molecule has 0 spiro atoms. The van der Waals surface area contributed by atoms with E-state index in [0.29, 0.717) is 6.54 Å². The lowest BCUT2D eigenvalue weighted by atomic mass is 10.0. The number of aliphatic carboxylic acids is 1. The zero-order valence-corrected chi connectivity index (χ0v) is 12.3. The Morgan fingerprint density at radius 1 is 1.15 bits per heavy atom. The summed E-state index contributed by atoms with van der Waals surface area (Å²) in [5.74, 6) is -1.72. The molecule has 4 nitrogen and oxygen atoms in total. The van der Waals surface area contributed by atoms with Crippen molar-refractivity contribution >= 4 is 11.9 Å². The van der Waals surface area contributed by atoms with Crippen molar-refractivity contribution in [3.63, 3.8) is 0 Å². The van der Waals surface area contributed by atoms with Crippen LogP contribution < -0.4 is 5.11 Å². The number of hydrogen-bond donors (Lipinski definition) is 0. The largest absolute Gasteiger partial charge is 0.545 e. The van der Waals surface area contributed by atoms with Crippen LogP contribution in [0.2, 0.25) is 0 Å². The van der Waals surface area contributed by atoms with Gasteiger partial charge in [0.05, 0.1) is 5.97 Å². The Morgan fingerprint density at radius 3 is 2.15 bits per heavy atom. The number of aryl methyl sites for hydroxylation is 1. The van der Waals surface area contributed by atoms with Crippen molar-refractivity contribution in [1.29, 1.82) is 0 Å². The standard InChI is InChI=1S/C16H21NO3/c1-12-5-7-13(8-6-12)11-17(16(2,3)4)14(18)9-10-15(19)20/h5-10H,11H2,1-4H3,(H,19,20)/p-1/b10-9+. The van der Waals surface area contributed by atoms with E-state index in [0.717, 1.165) is 23.3 Å². The Kier molecular flexibility index (Phi) is 5.08. The summed E-state index contributed by atoms with van der Waals surface area (Å²) < 4.78 is 0. The first kappa shape index (κ1) is 16.0. The van der Waals surface area contributed by atoms with Gasteiger partial charge in [-0.2, -0.15) is 0 Å². The van der Waals surface area contributed by atoms with Crippen LogP contribution in [0.1, 0.15) is 31.9 Å². The summed E-state index contributed by atoms with van der Waals surface area (Å²) in [6, 6.07) is 7.89. The van der Waals surface area contributed by atoms with Gasteiger partial charge in [-0.1, -0.05) is 29.8 Å². The molecule has 0 aliphatic rings. The molecule has 1 amide bonds. The number of hydrogen-bond acceptors (Lipinski definition) is 3.